The van der Waals surface area contributed by atoms with E-state index in [9.17, 15) is 14.4 Å². The number of carbonyl (C=O) groups excluding carboxylic acids is 2. The quantitative estimate of drug-likeness (QED) is 0.615. The topological polar surface area (TPSA) is 114 Å². The zero-order valence-electron chi connectivity index (χ0n) is 15.7. The van der Waals surface area contributed by atoms with Crippen LogP contribution >= 0.6 is 11.3 Å². The van der Waals surface area contributed by atoms with Gasteiger partial charge in [-0.15, -0.1) is 11.3 Å². The van der Waals surface area contributed by atoms with Crippen LogP contribution in [0.3, 0.4) is 0 Å². The predicted octanol–water partition coefficient (Wildman–Crippen LogP) is 2.55. The van der Waals surface area contributed by atoms with Gasteiger partial charge >= 0.3 is 5.97 Å². The molecule has 0 atom stereocenters. The lowest BCUT2D eigenvalue weighted by Crippen LogP contribution is -2.18. The Morgan fingerprint density at radius 2 is 1.96 bits per heavy atom. The lowest BCUT2D eigenvalue weighted by molar-refractivity contribution is -0.115. The minimum Gasteiger partial charge on any atom is -0.464 e. The molecular weight excluding hydrogens is 380 g/mol. The zero-order valence-corrected chi connectivity index (χ0v) is 16.6. The molecule has 2 N–H and O–H groups in total. The Morgan fingerprint density at radius 1 is 1.25 bits per heavy atom. The first-order chi connectivity index (χ1) is 13.4. The number of methoxy groups -OCH3 is 1. The highest BCUT2D eigenvalue weighted by Crippen LogP contribution is 2.26. The van der Waals surface area contributed by atoms with E-state index in [4.69, 9.17) is 4.74 Å². The molecule has 3 rings (SSSR count). The molecule has 0 aliphatic rings. The number of aromatic nitrogens is 3. The summed E-state index contributed by atoms with van der Waals surface area (Å²) in [5, 5.41) is 10.5. The minimum atomic E-state index is -0.527. The highest BCUT2D eigenvalue weighted by molar-refractivity contribution is 7.16. The molecule has 0 saturated carbocycles. The fourth-order valence-corrected chi connectivity index (χ4v) is 3.97. The molecule has 0 bridgehead atoms. The average Bonchev–Trinajstić information content (AvgIpc) is 3.05. The molecule has 0 fully saturated rings. The molecule has 0 unspecified atom stereocenters. The van der Waals surface area contributed by atoms with Crippen LogP contribution in [0.1, 0.15) is 34.9 Å². The molecule has 28 heavy (non-hydrogen) atoms. The van der Waals surface area contributed by atoms with Gasteiger partial charge < -0.3 is 10.1 Å². The normalized spacial score (nSPS) is 11.0. The second-order valence-electron chi connectivity index (χ2n) is 6.65. The highest BCUT2D eigenvalue weighted by Gasteiger charge is 2.21. The number of aromatic amines is 1. The van der Waals surface area contributed by atoms with E-state index in [1.807, 2.05) is 13.8 Å². The van der Waals surface area contributed by atoms with Crippen molar-refractivity contribution >= 4 is 39.1 Å². The molecule has 9 heteroatoms. The van der Waals surface area contributed by atoms with E-state index in [0.717, 1.165) is 4.88 Å². The van der Waals surface area contributed by atoms with Gasteiger partial charge in [0.05, 0.1) is 24.6 Å². The van der Waals surface area contributed by atoms with Crippen LogP contribution in [0.5, 0.6) is 0 Å². The van der Waals surface area contributed by atoms with Gasteiger partial charge in [-0.2, -0.15) is 5.10 Å². The molecule has 2 heterocycles. The molecule has 3 aromatic rings. The summed E-state index contributed by atoms with van der Waals surface area (Å²) in [4.78, 5) is 41.3. The van der Waals surface area contributed by atoms with Crippen LogP contribution in [-0.4, -0.2) is 34.2 Å². The number of hydrogen-bond acceptors (Lipinski definition) is 7. The Kier molecular flexibility index (Phi) is 5.84. The van der Waals surface area contributed by atoms with Gasteiger partial charge in [0.1, 0.15) is 0 Å². The third-order valence-corrected chi connectivity index (χ3v) is 5.01. The minimum absolute atomic E-state index is 0.0378. The average molecular weight is 400 g/mol. The van der Waals surface area contributed by atoms with Crippen molar-refractivity contribution in [3.8, 4) is 0 Å². The van der Waals surface area contributed by atoms with E-state index in [0.29, 0.717) is 33.9 Å². The van der Waals surface area contributed by atoms with Crippen molar-refractivity contribution in [1.29, 1.82) is 0 Å². The monoisotopic (exact) mass is 400 g/mol. The molecule has 0 aliphatic heterocycles. The third kappa shape index (κ3) is 4.25. The predicted molar refractivity (Wildman–Crippen MR) is 107 cm³/mol. The van der Waals surface area contributed by atoms with Crippen molar-refractivity contribution in [2.24, 2.45) is 5.92 Å². The molecule has 1 amide bonds. The Hall–Kier alpha value is -3.07. The van der Waals surface area contributed by atoms with Gasteiger partial charge in [-0.1, -0.05) is 32.0 Å². The zero-order chi connectivity index (χ0) is 20.3. The van der Waals surface area contributed by atoms with E-state index < -0.39 is 5.97 Å². The molecule has 1 aromatic carbocycles. The molecule has 2 aromatic heterocycles. The van der Waals surface area contributed by atoms with Crippen molar-refractivity contribution in [3.05, 3.63) is 50.9 Å². The maximum Gasteiger partial charge on any atom is 0.357 e. The smallest absolute Gasteiger partial charge is 0.357 e. The number of H-pyrrole nitrogens is 1. The standard InChI is InChI=1S/C19H20N4O4S/c1-10(2)8-14-16(18(26)27-3)21-19(28-14)20-15(24)9-13-11-6-4-5-7-12(11)17(25)23-22-13/h4-7,10H,8-9H2,1-3H3,(H,23,25)(H,20,21,24). The van der Waals surface area contributed by atoms with E-state index in [1.165, 1.54) is 18.4 Å². The largest absolute Gasteiger partial charge is 0.464 e. The Labute approximate surface area is 165 Å². The van der Waals surface area contributed by atoms with Crippen molar-refractivity contribution < 1.29 is 14.3 Å². The lowest BCUT2D eigenvalue weighted by atomic mass is 10.1. The van der Waals surface area contributed by atoms with Crippen LogP contribution in [0.15, 0.2) is 29.1 Å². The molecule has 0 aliphatic carbocycles. The Morgan fingerprint density at radius 3 is 2.64 bits per heavy atom. The van der Waals surface area contributed by atoms with Gasteiger partial charge in [0, 0.05) is 10.3 Å². The Bertz CT molecular complexity index is 1090. The maximum absolute atomic E-state index is 12.5. The van der Waals surface area contributed by atoms with Crippen molar-refractivity contribution in [2.75, 3.05) is 12.4 Å². The van der Waals surface area contributed by atoms with Crippen LogP contribution in [-0.2, 0) is 22.4 Å². The number of anilines is 1. The van der Waals surface area contributed by atoms with Crippen LogP contribution in [0.25, 0.3) is 10.8 Å². The number of thiazole rings is 1. The maximum atomic E-state index is 12.5. The summed E-state index contributed by atoms with van der Waals surface area (Å²) in [6.45, 7) is 4.07. The Balaban J connectivity index is 1.82. The van der Waals surface area contributed by atoms with Crippen LogP contribution in [0.4, 0.5) is 5.13 Å². The molecule has 8 nitrogen and oxygen atoms in total. The number of nitrogens with one attached hydrogen (secondary N) is 2. The summed E-state index contributed by atoms with van der Waals surface area (Å²) in [6, 6.07) is 6.96. The number of ether oxygens (including phenoxy) is 1. The van der Waals surface area contributed by atoms with Crippen molar-refractivity contribution in [3.63, 3.8) is 0 Å². The summed E-state index contributed by atoms with van der Waals surface area (Å²) in [5.41, 5.74) is 0.379. The summed E-state index contributed by atoms with van der Waals surface area (Å²) < 4.78 is 4.78. The summed E-state index contributed by atoms with van der Waals surface area (Å²) in [5.74, 6) is -0.546. The van der Waals surface area contributed by atoms with Crippen LogP contribution < -0.4 is 10.9 Å². The molecule has 0 radical (unpaired) electrons. The second kappa shape index (κ2) is 8.30. The number of rotatable bonds is 6. The van der Waals surface area contributed by atoms with E-state index in [2.05, 4.69) is 20.5 Å². The van der Waals surface area contributed by atoms with Crippen LogP contribution in [0, 0.1) is 5.92 Å². The fraction of sp³-hybridized carbons (Fsp3) is 0.316. The SMILES string of the molecule is COC(=O)c1nc(NC(=O)Cc2n[nH]c(=O)c3ccccc23)sc1CC(C)C. The van der Waals surface area contributed by atoms with Crippen LogP contribution in [0.2, 0.25) is 0 Å². The number of benzene rings is 1. The first-order valence-corrected chi connectivity index (χ1v) is 9.54. The van der Waals surface area contributed by atoms with E-state index in [-0.39, 0.29) is 23.6 Å². The third-order valence-electron chi connectivity index (χ3n) is 4.02. The first-order valence-electron chi connectivity index (χ1n) is 8.73. The van der Waals surface area contributed by atoms with Gasteiger partial charge in [0.25, 0.3) is 5.56 Å². The fourth-order valence-electron chi connectivity index (χ4n) is 2.79. The molecule has 0 saturated heterocycles. The molecule has 146 valence electrons. The van der Waals surface area contributed by atoms with E-state index >= 15 is 0 Å². The van der Waals surface area contributed by atoms with E-state index in [1.54, 1.807) is 24.3 Å². The summed E-state index contributed by atoms with van der Waals surface area (Å²) in [7, 11) is 1.30. The number of nitrogens with zero attached hydrogens (tertiary/aromatic N) is 2. The van der Waals surface area contributed by atoms with Crippen molar-refractivity contribution in [1.82, 2.24) is 15.2 Å². The lowest BCUT2D eigenvalue weighted by Gasteiger charge is -2.04. The van der Waals surface area contributed by atoms with Crippen molar-refractivity contribution in [2.45, 2.75) is 26.7 Å². The number of carbonyl (C=O) groups is 2. The number of hydrogen-bond donors (Lipinski definition) is 2. The highest BCUT2D eigenvalue weighted by atomic mass is 32.1. The number of fused-ring (bicyclic) bond motifs is 1. The molecule has 0 spiro atoms. The molecular formula is C19H20N4O4S. The number of amides is 1. The van der Waals surface area contributed by atoms with Gasteiger partial charge in [-0.25, -0.2) is 14.9 Å². The van der Waals surface area contributed by atoms with Gasteiger partial charge in [-0.05, 0) is 18.4 Å². The van der Waals surface area contributed by atoms with Gasteiger partial charge in [0.2, 0.25) is 5.91 Å². The second-order valence-corrected chi connectivity index (χ2v) is 7.73. The first kappa shape index (κ1) is 19.7. The summed E-state index contributed by atoms with van der Waals surface area (Å²) >= 11 is 1.25. The summed E-state index contributed by atoms with van der Waals surface area (Å²) in [6.07, 6.45) is 0.619. The van der Waals surface area contributed by atoms with Gasteiger partial charge in [-0.3, -0.25) is 9.59 Å². The van der Waals surface area contributed by atoms with Gasteiger partial charge in [0.15, 0.2) is 10.8 Å². The number of esters is 1.